The van der Waals surface area contributed by atoms with Crippen molar-refractivity contribution in [3.63, 3.8) is 0 Å². The zero-order valence-corrected chi connectivity index (χ0v) is 16.8. The quantitative estimate of drug-likeness (QED) is 0.706. The number of aromatic nitrogens is 4. The molecule has 0 spiro atoms. The van der Waals surface area contributed by atoms with Crippen LogP contribution < -0.4 is 10.1 Å². The Morgan fingerprint density at radius 3 is 2.57 bits per heavy atom. The first-order chi connectivity index (χ1) is 13.6. The van der Waals surface area contributed by atoms with Crippen molar-refractivity contribution in [1.29, 1.82) is 0 Å². The van der Waals surface area contributed by atoms with Gasteiger partial charge in [0.15, 0.2) is 5.82 Å². The molecule has 0 saturated heterocycles. The number of tetrazole rings is 1. The minimum Gasteiger partial charge on any atom is -0.495 e. The monoisotopic (exact) mass is 377 g/mol. The number of hydrogen-bond acceptors (Lipinski definition) is 5. The number of aryl methyl sites for hydroxylation is 2. The second-order valence-corrected chi connectivity index (χ2v) is 7.67. The van der Waals surface area contributed by atoms with E-state index >= 15 is 0 Å². The number of ether oxygens (including phenoxy) is 1. The fraction of sp³-hybridized carbons (Fsp3) is 0.409. The van der Waals surface area contributed by atoms with Crippen molar-refractivity contribution in [1.82, 2.24) is 20.2 Å². The summed E-state index contributed by atoms with van der Waals surface area (Å²) in [5.41, 5.74) is 4.07. The van der Waals surface area contributed by atoms with Gasteiger partial charge >= 0.3 is 0 Å². The first-order valence-electron chi connectivity index (χ1n) is 9.91. The van der Waals surface area contributed by atoms with Crippen molar-refractivity contribution in [2.45, 2.75) is 51.5 Å². The third-order valence-corrected chi connectivity index (χ3v) is 5.67. The van der Waals surface area contributed by atoms with Gasteiger partial charge in [-0.1, -0.05) is 49.1 Å². The zero-order chi connectivity index (χ0) is 19.6. The lowest BCUT2D eigenvalue weighted by atomic mass is 9.80. The third-order valence-electron chi connectivity index (χ3n) is 5.67. The highest BCUT2D eigenvalue weighted by molar-refractivity contribution is 5.58. The molecule has 1 N–H and O–H groups in total. The molecule has 0 bridgehead atoms. The second kappa shape index (κ2) is 7.62. The predicted octanol–water partition coefficient (Wildman–Crippen LogP) is 4.56. The van der Waals surface area contributed by atoms with Gasteiger partial charge in [-0.05, 0) is 60.9 Å². The van der Waals surface area contributed by atoms with Crippen LogP contribution in [0.5, 0.6) is 5.75 Å². The first-order valence-corrected chi connectivity index (χ1v) is 9.91. The number of rotatable bonds is 5. The third kappa shape index (κ3) is 3.35. The number of hydrogen-bond donors (Lipinski definition) is 1. The summed E-state index contributed by atoms with van der Waals surface area (Å²) >= 11 is 0. The van der Waals surface area contributed by atoms with Gasteiger partial charge in [-0.2, -0.15) is 4.68 Å². The highest BCUT2D eigenvalue weighted by Gasteiger charge is 2.40. The van der Waals surface area contributed by atoms with Crippen LogP contribution >= 0.6 is 0 Å². The van der Waals surface area contributed by atoms with E-state index in [2.05, 4.69) is 59.0 Å². The molecule has 2 aromatic carbocycles. The maximum Gasteiger partial charge on any atom is 0.181 e. The Balaban J connectivity index is 1.80. The molecule has 6 heteroatoms. The fourth-order valence-electron chi connectivity index (χ4n) is 4.26. The maximum atomic E-state index is 5.58. The molecule has 1 aliphatic carbocycles. The second-order valence-electron chi connectivity index (χ2n) is 7.67. The minimum atomic E-state index is -0.326. The van der Waals surface area contributed by atoms with E-state index < -0.39 is 0 Å². The molecule has 0 atom stereocenters. The number of para-hydroxylation sites is 2. The van der Waals surface area contributed by atoms with E-state index in [0.717, 1.165) is 54.2 Å². The Hall–Kier alpha value is -2.89. The molecular weight excluding hydrogens is 350 g/mol. The topological polar surface area (TPSA) is 64.9 Å². The van der Waals surface area contributed by atoms with Gasteiger partial charge in [0.05, 0.1) is 24.0 Å². The lowest BCUT2D eigenvalue weighted by Crippen LogP contribution is -2.40. The molecule has 6 nitrogen and oxygen atoms in total. The molecule has 28 heavy (non-hydrogen) atoms. The van der Waals surface area contributed by atoms with Gasteiger partial charge in [-0.3, -0.25) is 0 Å². The van der Waals surface area contributed by atoms with Gasteiger partial charge in [0, 0.05) is 0 Å². The highest BCUT2D eigenvalue weighted by atomic mass is 16.5. The standard InChI is InChI=1S/C22H27N5O/c1-16-11-12-19(17(2)15-16)27-21(24-25-26-27)22(13-7-4-8-14-22)23-18-9-5-6-10-20(18)28-3/h5-6,9-12,15,23H,4,7-8,13-14H2,1-3H3. The van der Waals surface area contributed by atoms with Gasteiger partial charge in [0.25, 0.3) is 0 Å². The zero-order valence-electron chi connectivity index (χ0n) is 16.8. The average molecular weight is 377 g/mol. The smallest absolute Gasteiger partial charge is 0.181 e. The SMILES string of the molecule is COc1ccccc1NC1(c2nnnn2-c2ccc(C)cc2C)CCCCC1. The van der Waals surface area contributed by atoms with Crippen molar-refractivity contribution in [3.05, 3.63) is 59.4 Å². The summed E-state index contributed by atoms with van der Waals surface area (Å²) in [5.74, 6) is 1.70. The van der Waals surface area contributed by atoms with Crippen LogP contribution in [0.4, 0.5) is 5.69 Å². The Morgan fingerprint density at radius 2 is 1.82 bits per heavy atom. The number of benzene rings is 2. The van der Waals surface area contributed by atoms with Crippen LogP contribution in [0, 0.1) is 13.8 Å². The first kappa shape index (κ1) is 18.5. The lowest BCUT2D eigenvalue weighted by molar-refractivity contribution is 0.307. The summed E-state index contributed by atoms with van der Waals surface area (Å²) in [6.45, 7) is 4.21. The predicted molar refractivity (Wildman–Crippen MR) is 110 cm³/mol. The van der Waals surface area contributed by atoms with Crippen LogP contribution in [0.25, 0.3) is 5.69 Å². The Kier molecular flexibility index (Phi) is 5.03. The largest absolute Gasteiger partial charge is 0.495 e. The molecule has 0 aliphatic heterocycles. The van der Waals surface area contributed by atoms with Crippen molar-refractivity contribution in [2.24, 2.45) is 0 Å². The van der Waals surface area contributed by atoms with Crippen LogP contribution in [0.1, 0.15) is 49.1 Å². The summed E-state index contributed by atoms with van der Waals surface area (Å²) < 4.78 is 7.48. The molecule has 0 unspecified atom stereocenters. The number of methoxy groups -OCH3 is 1. The molecule has 1 fully saturated rings. The molecule has 0 radical (unpaired) electrons. The van der Waals surface area contributed by atoms with Crippen LogP contribution in [-0.4, -0.2) is 27.3 Å². The van der Waals surface area contributed by atoms with E-state index in [9.17, 15) is 0 Å². The fourth-order valence-corrected chi connectivity index (χ4v) is 4.26. The summed E-state index contributed by atoms with van der Waals surface area (Å²) in [5, 5.41) is 16.7. The van der Waals surface area contributed by atoms with E-state index in [4.69, 9.17) is 4.74 Å². The Labute approximate surface area is 165 Å². The van der Waals surface area contributed by atoms with Gasteiger partial charge < -0.3 is 10.1 Å². The summed E-state index contributed by atoms with van der Waals surface area (Å²) in [7, 11) is 1.70. The summed E-state index contributed by atoms with van der Waals surface area (Å²) in [4.78, 5) is 0. The molecular formula is C22H27N5O. The van der Waals surface area contributed by atoms with Crippen LogP contribution in [0.15, 0.2) is 42.5 Å². The van der Waals surface area contributed by atoms with Crippen molar-refractivity contribution in [3.8, 4) is 11.4 Å². The Bertz CT molecular complexity index is 959. The molecule has 146 valence electrons. The summed E-state index contributed by atoms with van der Waals surface area (Å²) in [6, 6.07) is 14.4. The van der Waals surface area contributed by atoms with Gasteiger partial charge in [-0.15, -0.1) is 5.10 Å². The molecule has 1 saturated carbocycles. The molecule has 0 amide bonds. The average Bonchev–Trinajstić information content (AvgIpc) is 3.19. The van der Waals surface area contributed by atoms with E-state index in [-0.39, 0.29) is 5.54 Å². The lowest BCUT2D eigenvalue weighted by Gasteiger charge is -2.38. The van der Waals surface area contributed by atoms with Crippen molar-refractivity contribution in [2.75, 3.05) is 12.4 Å². The van der Waals surface area contributed by atoms with Crippen LogP contribution in [-0.2, 0) is 5.54 Å². The molecule has 1 aromatic heterocycles. The highest BCUT2D eigenvalue weighted by Crippen LogP contribution is 2.41. The van der Waals surface area contributed by atoms with Crippen LogP contribution in [0.2, 0.25) is 0 Å². The maximum absolute atomic E-state index is 5.58. The van der Waals surface area contributed by atoms with Crippen molar-refractivity contribution < 1.29 is 4.74 Å². The Morgan fingerprint density at radius 1 is 1.04 bits per heavy atom. The van der Waals surface area contributed by atoms with Crippen molar-refractivity contribution >= 4 is 5.69 Å². The van der Waals surface area contributed by atoms with E-state index in [1.165, 1.54) is 12.0 Å². The van der Waals surface area contributed by atoms with Gasteiger partial charge in [0.1, 0.15) is 5.75 Å². The van der Waals surface area contributed by atoms with Crippen LogP contribution in [0.3, 0.4) is 0 Å². The van der Waals surface area contributed by atoms with E-state index in [1.54, 1.807) is 7.11 Å². The molecule has 1 aliphatic rings. The normalized spacial score (nSPS) is 16.0. The minimum absolute atomic E-state index is 0.326. The van der Waals surface area contributed by atoms with Gasteiger partial charge in [0.2, 0.25) is 0 Å². The number of anilines is 1. The van der Waals surface area contributed by atoms with E-state index in [1.807, 2.05) is 22.9 Å². The molecule has 4 rings (SSSR count). The number of nitrogens with zero attached hydrogens (tertiary/aromatic N) is 4. The van der Waals surface area contributed by atoms with Gasteiger partial charge in [-0.25, -0.2) is 0 Å². The summed E-state index contributed by atoms with van der Waals surface area (Å²) in [6.07, 6.45) is 5.48. The molecule has 3 aromatic rings. The van der Waals surface area contributed by atoms with E-state index in [0.29, 0.717) is 0 Å². The molecule has 1 heterocycles. The number of nitrogens with one attached hydrogen (secondary N) is 1.